The molecule has 1 aromatic carbocycles. The largest absolute Gasteiger partial charge is 0.481 e. The van der Waals surface area contributed by atoms with Crippen molar-refractivity contribution in [3.63, 3.8) is 0 Å². The fraction of sp³-hybridized carbons (Fsp3) is 0.500. The number of benzene rings is 1. The molecule has 1 saturated carbocycles. The van der Waals surface area contributed by atoms with E-state index < -0.39 is 16.0 Å². The van der Waals surface area contributed by atoms with Crippen molar-refractivity contribution in [1.29, 1.82) is 0 Å². The molecule has 0 atom stereocenters. The van der Waals surface area contributed by atoms with Crippen LogP contribution in [0.3, 0.4) is 0 Å². The van der Waals surface area contributed by atoms with Crippen LogP contribution >= 0.6 is 15.9 Å². The number of hydrogen-bond acceptors (Lipinski definition) is 3. The van der Waals surface area contributed by atoms with E-state index >= 15 is 0 Å². The number of nitrogens with zero attached hydrogens (tertiary/aromatic N) is 1. The molecule has 21 heavy (non-hydrogen) atoms. The Bertz CT molecular complexity index is 613. The number of carboxylic acid groups (broad SMARTS) is 1. The van der Waals surface area contributed by atoms with Crippen molar-refractivity contribution in [3.8, 4) is 0 Å². The lowest BCUT2D eigenvalue weighted by atomic mass is 10.2. The highest BCUT2D eigenvalue weighted by atomic mass is 79.9. The van der Waals surface area contributed by atoms with Gasteiger partial charge in [0.15, 0.2) is 0 Å². The number of halogens is 1. The second kappa shape index (κ2) is 6.89. The van der Waals surface area contributed by atoms with E-state index in [1.807, 2.05) is 24.3 Å². The van der Waals surface area contributed by atoms with E-state index in [9.17, 15) is 13.2 Å². The van der Waals surface area contributed by atoms with Gasteiger partial charge in [-0.1, -0.05) is 34.1 Å². The van der Waals surface area contributed by atoms with E-state index in [4.69, 9.17) is 5.11 Å². The van der Waals surface area contributed by atoms with E-state index in [2.05, 4.69) is 15.9 Å². The highest BCUT2D eigenvalue weighted by Gasteiger charge is 2.37. The second-order valence-corrected chi connectivity index (χ2v) is 8.08. The first-order valence-corrected chi connectivity index (χ1v) is 9.25. The van der Waals surface area contributed by atoms with Crippen LogP contribution in [0.1, 0.15) is 31.2 Å². The Morgan fingerprint density at radius 3 is 2.57 bits per heavy atom. The van der Waals surface area contributed by atoms with Crippen molar-refractivity contribution in [2.45, 2.75) is 38.3 Å². The number of aliphatic carboxylic acids is 1. The predicted octanol–water partition coefficient (Wildman–Crippen LogP) is 2.61. The highest BCUT2D eigenvalue weighted by Crippen LogP contribution is 2.32. The van der Waals surface area contributed by atoms with Crippen LogP contribution in [0.15, 0.2) is 28.7 Å². The van der Waals surface area contributed by atoms with Crippen molar-refractivity contribution in [3.05, 3.63) is 34.3 Å². The minimum atomic E-state index is -3.42. The second-order valence-electron chi connectivity index (χ2n) is 5.18. The molecule has 1 aliphatic carbocycles. The highest BCUT2D eigenvalue weighted by molar-refractivity contribution is 9.10. The van der Waals surface area contributed by atoms with Crippen LogP contribution < -0.4 is 0 Å². The molecule has 0 heterocycles. The van der Waals surface area contributed by atoms with Crippen molar-refractivity contribution in [2.24, 2.45) is 0 Å². The molecule has 1 fully saturated rings. The first-order valence-electron chi connectivity index (χ1n) is 6.85. The quantitative estimate of drug-likeness (QED) is 0.757. The molecule has 0 saturated heterocycles. The van der Waals surface area contributed by atoms with E-state index in [-0.39, 0.29) is 24.6 Å². The summed E-state index contributed by atoms with van der Waals surface area (Å²) >= 11 is 3.43. The molecule has 0 aromatic heterocycles. The number of sulfonamides is 1. The first kappa shape index (κ1) is 16.5. The number of rotatable bonds is 8. The van der Waals surface area contributed by atoms with Gasteiger partial charge in [-0.05, 0) is 30.9 Å². The molecule has 0 radical (unpaired) electrons. The van der Waals surface area contributed by atoms with Crippen LogP contribution in [0, 0.1) is 0 Å². The van der Waals surface area contributed by atoms with Crippen molar-refractivity contribution in [1.82, 2.24) is 4.31 Å². The fourth-order valence-electron chi connectivity index (χ4n) is 2.13. The van der Waals surface area contributed by atoms with Gasteiger partial charge >= 0.3 is 5.97 Å². The van der Waals surface area contributed by atoms with Gasteiger partial charge in [0.2, 0.25) is 10.0 Å². The minimum Gasteiger partial charge on any atom is -0.481 e. The summed E-state index contributed by atoms with van der Waals surface area (Å²) < 4.78 is 27.3. The Kier molecular flexibility index (Phi) is 5.40. The maximum absolute atomic E-state index is 12.4. The molecule has 0 unspecified atom stereocenters. The average molecular weight is 376 g/mol. The minimum absolute atomic E-state index is 0.0620. The van der Waals surface area contributed by atoms with Gasteiger partial charge in [0.1, 0.15) is 0 Å². The lowest BCUT2D eigenvalue weighted by Gasteiger charge is -2.22. The van der Waals surface area contributed by atoms with Gasteiger partial charge in [-0.3, -0.25) is 4.79 Å². The molecular formula is C14H18BrNO4S. The zero-order valence-electron chi connectivity index (χ0n) is 11.5. The Morgan fingerprint density at radius 2 is 2.00 bits per heavy atom. The van der Waals surface area contributed by atoms with Crippen LogP contribution in [0.2, 0.25) is 0 Å². The lowest BCUT2D eigenvalue weighted by Crippen LogP contribution is -2.34. The van der Waals surface area contributed by atoms with Gasteiger partial charge in [-0.15, -0.1) is 0 Å². The third kappa shape index (κ3) is 4.79. The molecule has 5 nitrogen and oxygen atoms in total. The van der Waals surface area contributed by atoms with E-state index in [1.165, 1.54) is 4.31 Å². The van der Waals surface area contributed by atoms with Crippen LogP contribution in [0.25, 0.3) is 0 Å². The molecule has 1 aliphatic rings. The van der Waals surface area contributed by atoms with Crippen molar-refractivity contribution >= 4 is 31.9 Å². The Hall–Kier alpha value is -0.920. The lowest BCUT2D eigenvalue weighted by molar-refractivity contribution is -0.137. The summed E-state index contributed by atoms with van der Waals surface area (Å²) in [5.41, 5.74) is 0.922. The Morgan fingerprint density at radius 1 is 1.33 bits per heavy atom. The van der Waals surface area contributed by atoms with Gasteiger partial charge in [-0.25, -0.2) is 8.42 Å². The summed E-state index contributed by atoms with van der Waals surface area (Å²) in [5, 5.41) is 8.63. The van der Waals surface area contributed by atoms with Crippen LogP contribution in [0.5, 0.6) is 0 Å². The van der Waals surface area contributed by atoms with Crippen molar-refractivity contribution < 1.29 is 18.3 Å². The predicted molar refractivity (Wildman–Crippen MR) is 83.4 cm³/mol. The number of carboxylic acids is 1. The fourth-order valence-corrected chi connectivity index (χ4v) is 4.29. The summed E-state index contributed by atoms with van der Waals surface area (Å²) in [7, 11) is -3.42. The summed E-state index contributed by atoms with van der Waals surface area (Å²) in [5.74, 6) is -1.07. The van der Waals surface area contributed by atoms with Crippen molar-refractivity contribution in [2.75, 3.05) is 5.75 Å². The molecule has 0 aliphatic heterocycles. The molecule has 1 aromatic rings. The normalized spacial score (nSPS) is 15.3. The summed E-state index contributed by atoms with van der Waals surface area (Å²) in [6.07, 6.45) is 1.79. The maximum atomic E-state index is 12.4. The monoisotopic (exact) mass is 375 g/mol. The molecule has 0 amide bonds. The van der Waals surface area contributed by atoms with Gasteiger partial charge in [-0.2, -0.15) is 4.31 Å². The van der Waals surface area contributed by atoms with E-state index in [0.29, 0.717) is 6.54 Å². The third-order valence-electron chi connectivity index (χ3n) is 3.39. The third-order valence-corrected chi connectivity index (χ3v) is 6.11. The zero-order chi connectivity index (χ0) is 15.5. The van der Waals surface area contributed by atoms with E-state index in [1.54, 1.807) is 0 Å². The zero-order valence-corrected chi connectivity index (χ0v) is 13.9. The molecule has 116 valence electrons. The van der Waals surface area contributed by atoms with Crippen LogP contribution in [-0.2, 0) is 21.4 Å². The van der Waals surface area contributed by atoms with E-state index in [0.717, 1.165) is 22.9 Å². The number of hydrogen-bond donors (Lipinski definition) is 1. The standard InChI is InChI=1S/C14H18BrNO4S/c15-13-5-2-1-4-11(13)10-16(12-7-8-12)21(19,20)9-3-6-14(17)18/h1-2,4-5,12H,3,6-10H2,(H,17,18). The van der Waals surface area contributed by atoms with Gasteiger partial charge < -0.3 is 5.11 Å². The number of carbonyl (C=O) groups is 1. The van der Waals surface area contributed by atoms with Crippen LogP contribution in [-0.4, -0.2) is 35.6 Å². The topological polar surface area (TPSA) is 74.7 Å². The molecule has 2 rings (SSSR count). The molecule has 0 spiro atoms. The summed E-state index contributed by atoms with van der Waals surface area (Å²) in [6.45, 7) is 0.335. The van der Waals surface area contributed by atoms with Crippen LogP contribution in [0.4, 0.5) is 0 Å². The van der Waals surface area contributed by atoms with Gasteiger partial charge in [0.05, 0.1) is 5.75 Å². The first-order chi connectivity index (χ1) is 9.90. The smallest absolute Gasteiger partial charge is 0.303 e. The maximum Gasteiger partial charge on any atom is 0.303 e. The summed E-state index contributed by atoms with van der Waals surface area (Å²) in [6, 6.07) is 7.61. The average Bonchev–Trinajstić information content (AvgIpc) is 3.21. The molecule has 7 heteroatoms. The molecular weight excluding hydrogens is 358 g/mol. The molecule has 0 bridgehead atoms. The Labute approximate surface area is 133 Å². The molecule has 1 N–H and O–H groups in total. The SMILES string of the molecule is O=C(O)CCCS(=O)(=O)N(Cc1ccccc1Br)C1CC1. The summed E-state index contributed by atoms with van der Waals surface area (Å²) in [4.78, 5) is 10.5. The van der Waals surface area contributed by atoms with Gasteiger partial charge in [0.25, 0.3) is 0 Å². The van der Waals surface area contributed by atoms with Gasteiger partial charge in [0, 0.05) is 23.5 Å². The Balaban J connectivity index is 2.08.